The molecule has 0 spiro atoms. The Morgan fingerprint density at radius 2 is 2.35 bits per heavy atom. The summed E-state index contributed by atoms with van der Waals surface area (Å²) in [6, 6.07) is 0. The molecule has 7 nitrogen and oxygen atoms in total. The Kier molecular flexibility index (Phi) is 3.71. The third-order valence-corrected chi connectivity index (χ3v) is 2.29. The highest BCUT2D eigenvalue weighted by Gasteiger charge is 2.06. The molecule has 0 amide bonds. The number of fused-ring (bicyclic) bond motifs is 1. The fourth-order valence-corrected chi connectivity index (χ4v) is 1.51. The monoisotopic (exact) mass is 236 g/mol. The molecule has 0 saturated carbocycles. The molecule has 0 radical (unpaired) electrons. The number of nitrogens with two attached hydrogens (primary N) is 1. The van der Waals surface area contributed by atoms with E-state index in [2.05, 4.69) is 25.5 Å². The summed E-state index contributed by atoms with van der Waals surface area (Å²) < 4.78 is 5.25. The van der Waals surface area contributed by atoms with Gasteiger partial charge in [-0.1, -0.05) is 0 Å². The van der Waals surface area contributed by atoms with E-state index < -0.39 is 0 Å². The molecule has 0 aromatic carbocycles. The third-order valence-electron chi connectivity index (χ3n) is 2.29. The van der Waals surface area contributed by atoms with Crippen LogP contribution >= 0.6 is 0 Å². The standard InChI is InChI=1S/C10H16N6O/c1-2-17-5-3-4-12-8-7-6-13-16-9(7)15-10(11)14-8/h6H,2-5H2,1H3,(H4,11,12,13,14,15,16). The predicted molar refractivity (Wildman–Crippen MR) is 65.7 cm³/mol. The molecule has 17 heavy (non-hydrogen) atoms. The van der Waals surface area contributed by atoms with Gasteiger partial charge < -0.3 is 15.8 Å². The van der Waals surface area contributed by atoms with E-state index in [4.69, 9.17) is 10.5 Å². The quantitative estimate of drug-likeness (QED) is 0.640. The van der Waals surface area contributed by atoms with Gasteiger partial charge in [-0.25, -0.2) is 0 Å². The van der Waals surface area contributed by atoms with Crippen molar-refractivity contribution < 1.29 is 4.74 Å². The van der Waals surface area contributed by atoms with Gasteiger partial charge in [0.1, 0.15) is 5.82 Å². The second-order valence-electron chi connectivity index (χ2n) is 3.54. The van der Waals surface area contributed by atoms with Crippen molar-refractivity contribution in [2.75, 3.05) is 30.8 Å². The number of hydrogen-bond donors (Lipinski definition) is 3. The van der Waals surface area contributed by atoms with E-state index in [-0.39, 0.29) is 5.95 Å². The first-order valence-corrected chi connectivity index (χ1v) is 5.59. The zero-order valence-electron chi connectivity index (χ0n) is 9.73. The number of nitrogens with zero attached hydrogens (tertiary/aromatic N) is 3. The molecule has 0 aliphatic carbocycles. The number of anilines is 2. The highest BCUT2D eigenvalue weighted by Crippen LogP contribution is 2.18. The molecule has 0 unspecified atom stereocenters. The topological polar surface area (TPSA) is 102 Å². The van der Waals surface area contributed by atoms with Gasteiger partial charge in [0, 0.05) is 19.8 Å². The van der Waals surface area contributed by atoms with Crippen LogP contribution in [0.15, 0.2) is 6.20 Å². The van der Waals surface area contributed by atoms with Crippen molar-refractivity contribution in [2.24, 2.45) is 0 Å². The molecule has 2 aromatic heterocycles. The van der Waals surface area contributed by atoms with Crippen LogP contribution in [0.5, 0.6) is 0 Å². The maximum absolute atomic E-state index is 5.60. The lowest BCUT2D eigenvalue weighted by molar-refractivity contribution is 0.147. The Morgan fingerprint density at radius 3 is 3.18 bits per heavy atom. The summed E-state index contributed by atoms with van der Waals surface area (Å²) >= 11 is 0. The van der Waals surface area contributed by atoms with E-state index >= 15 is 0 Å². The van der Waals surface area contributed by atoms with Crippen LogP contribution in [-0.4, -0.2) is 39.9 Å². The van der Waals surface area contributed by atoms with E-state index in [0.29, 0.717) is 11.5 Å². The molecular formula is C10H16N6O. The number of nitrogens with one attached hydrogen (secondary N) is 2. The first-order chi connectivity index (χ1) is 8.31. The summed E-state index contributed by atoms with van der Waals surface area (Å²) in [4.78, 5) is 8.18. The minimum absolute atomic E-state index is 0.231. The van der Waals surface area contributed by atoms with Gasteiger partial charge in [0.15, 0.2) is 5.65 Å². The molecule has 0 fully saturated rings. The molecular weight excluding hydrogens is 220 g/mol. The Balaban J connectivity index is 2.00. The summed E-state index contributed by atoms with van der Waals surface area (Å²) in [6.07, 6.45) is 2.59. The lowest BCUT2D eigenvalue weighted by Gasteiger charge is -2.06. The van der Waals surface area contributed by atoms with Crippen LogP contribution in [0.25, 0.3) is 11.0 Å². The van der Waals surface area contributed by atoms with Crippen molar-refractivity contribution in [3.8, 4) is 0 Å². The summed E-state index contributed by atoms with van der Waals surface area (Å²) in [7, 11) is 0. The van der Waals surface area contributed by atoms with Gasteiger partial charge in [-0.3, -0.25) is 5.10 Å². The first-order valence-electron chi connectivity index (χ1n) is 5.59. The lowest BCUT2D eigenvalue weighted by Crippen LogP contribution is -2.08. The minimum Gasteiger partial charge on any atom is -0.382 e. The SMILES string of the molecule is CCOCCCNc1nc(N)nc2[nH]ncc12. The summed E-state index contributed by atoms with van der Waals surface area (Å²) in [5.74, 6) is 0.937. The van der Waals surface area contributed by atoms with E-state index in [1.165, 1.54) is 0 Å². The molecule has 0 aliphatic rings. The van der Waals surface area contributed by atoms with Gasteiger partial charge in [0.25, 0.3) is 0 Å². The van der Waals surface area contributed by atoms with E-state index in [0.717, 1.165) is 31.6 Å². The Bertz CT molecular complexity index is 483. The number of H-pyrrole nitrogens is 1. The highest BCUT2D eigenvalue weighted by molar-refractivity contribution is 5.86. The molecule has 0 saturated heterocycles. The van der Waals surface area contributed by atoms with Crippen molar-refractivity contribution in [1.29, 1.82) is 0 Å². The van der Waals surface area contributed by atoms with Crippen LogP contribution in [0.4, 0.5) is 11.8 Å². The minimum atomic E-state index is 0.231. The number of hydrogen-bond acceptors (Lipinski definition) is 6. The van der Waals surface area contributed by atoms with Crippen LogP contribution in [-0.2, 0) is 4.74 Å². The van der Waals surface area contributed by atoms with E-state index in [1.54, 1.807) is 6.20 Å². The van der Waals surface area contributed by atoms with Crippen molar-refractivity contribution in [3.63, 3.8) is 0 Å². The van der Waals surface area contributed by atoms with Crippen LogP contribution < -0.4 is 11.1 Å². The number of aromatic amines is 1. The number of ether oxygens (including phenoxy) is 1. The van der Waals surface area contributed by atoms with Crippen molar-refractivity contribution in [3.05, 3.63) is 6.20 Å². The molecule has 4 N–H and O–H groups in total. The van der Waals surface area contributed by atoms with Gasteiger partial charge in [-0.05, 0) is 13.3 Å². The van der Waals surface area contributed by atoms with Crippen LogP contribution in [0, 0.1) is 0 Å². The van der Waals surface area contributed by atoms with Gasteiger partial charge in [-0.15, -0.1) is 0 Å². The largest absolute Gasteiger partial charge is 0.382 e. The second kappa shape index (κ2) is 5.44. The molecule has 2 heterocycles. The first kappa shape index (κ1) is 11.6. The number of nitrogen functional groups attached to an aromatic ring is 1. The van der Waals surface area contributed by atoms with E-state index in [9.17, 15) is 0 Å². The van der Waals surface area contributed by atoms with Gasteiger partial charge in [-0.2, -0.15) is 15.1 Å². The highest BCUT2D eigenvalue weighted by atomic mass is 16.5. The Hall–Kier alpha value is -1.89. The Labute approximate surface area is 98.8 Å². The number of rotatable bonds is 6. The van der Waals surface area contributed by atoms with E-state index in [1.807, 2.05) is 6.92 Å². The maximum Gasteiger partial charge on any atom is 0.224 e. The fraction of sp³-hybridized carbons (Fsp3) is 0.500. The third kappa shape index (κ3) is 2.82. The van der Waals surface area contributed by atoms with Crippen molar-refractivity contribution in [1.82, 2.24) is 20.2 Å². The van der Waals surface area contributed by atoms with Crippen LogP contribution in [0.1, 0.15) is 13.3 Å². The average molecular weight is 236 g/mol. The number of aromatic nitrogens is 4. The molecule has 0 aliphatic heterocycles. The second-order valence-corrected chi connectivity index (χ2v) is 3.54. The summed E-state index contributed by atoms with van der Waals surface area (Å²) in [5.41, 5.74) is 6.24. The van der Waals surface area contributed by atoms with Crippen LogP contribution in [0.2, 0.25) is 0 Å². The predicted octanol–water partition coefficient (Wildman–Crippen LogP) is 0.774. The zero-order valence-corrected chi connectivity index (χ0v) is 9.73. The summed E-state index contributed by atoms with van der Waals surface area (Å²) in [6.45, 7) is 4.23. The molecule has 7 heteroatoms. The van der Waals surface area contributed by atoms with Gasteiger partial charge >= 0.3 is 0 Å². The molecule has 0 atom stereocenters. The van der Waals surface area contributed by atoms with Crippen molar-refractivity contribution >= 4 is 22.8 Å². The fourth-order valence-electron chi connectivity index (χ4n) is 1.51. The van der Waals surface area contributed by atoms with Gasteiger partial charge in [0.05, 0.1) is 11.6 Å². The maximum atomic E-state index is 5.60. The zero-order chi connectivity index (χ0) is 12.1. The molecule has 92 valence electrons. The van der Waals surface area contributed by atoms with Gasteiger partial charge in [0.2, 0.25) is 5.95 Å². The smallest absolute Gasteiger partial charge is 0.224 e. The Morgan fingerprint density at radius 1 is 1.47 bits per heavy atom. The molecule has 2 aromatic rings. The molecule has 0 bridgehead atoms. The molecule has 2 rings (SSSR count). The van der Waals surface area contributed by atoms with Crippen molar-refractivity contribution in [2.45, 2.75) is 13.3 Å². The summed E-state index contributed by atoms with van der Waals surface area (Å²) in [5, 5.41) is 10.7. The van der Waals surface area contributed by atoms with Crippen LogP contribution in [0.3, 0.4) is 0 Å². The lowest BCUT2D eigenvalue weighted by atomic mass is 10.3. The average Bonchev–Trinajstić information content (AvgIpc) is 2.76. The normalized spacial score (nSPS) is 10.9.